The summed E-state index contributed by atoms with van der Waals surface area (Å²) in [5.74, 6) is 0.133. The van der Waals surface area contributed by atoms with Crippen LogP contribution in [-0.2, 0) is 23.1 Å². The van der Waals surface area contributed by atoms with Gasteiger partial charge >= 0.3 is 0 Å². The Morgan fingerprint density at radius 1 is 1.08 bits per heavy atom. The standard InChI is InChI=1S/C29H33N5O2/c1-20-10-6-7-13-23(20)28(29(36)31-22-11-4-3-5-12-22)34(26-16-17-33(2)32-26)27(35)18-21-19-30-25-15-9-8-14-24(21)25/h6-10,13-17,19,22,28,30H,3-5,11-12,18H2,1-2H3,(H,31,36). The number of amides is 2. The minimum absolute atomic E-state index is 0.132. The molecular weight excluding hydrogens is 450 g/mol. The van der Waals surface area contributed by atoms with Gasteiger partial charge in [-0.2, -0.15) is 5.10 Å². The number of carbonyl (C=O) groups excluding carboxylic acids is 2. The van der Waals surface area contributed by atoms with E-state index in [9.17, 15) is 9.59 Å². The SMILES string of the molecule is Cc1ccccc1C(C(=O)NC1CCCCC1)N(C(=O)Cc1c[nH]c2ccccc12)c1ccn(C)n1. The maximum absolute atomic E-state index is 14.1. The Bertz CT molecular complexity index is 1360. The molecule has 5 rings (SSSR count). The number of hydrogen-bond donors (Lipinski definition) is 2. The van der Waals surface area contributed by atoms with E-state index in [0.717, 1.165) is 53.3 Å². The molecule has 0 saturated heterocycles. The fourth-order valence-corrected chi connectivity index (χ4v) is 5.28. The lowest BCUT2D eigenvalue weighted by molar-refractivity contribution is -0.127. The monoisotopic (exact) mass is 483 g/mol. The molecule has 4 aromatic rings. The van der Waals surface area contributed by atoms with Crippen molar-refractivity contribution in [1.82, 2.24) is 20.1 Å². The molecule has 1 saturated carbocycles. The molecule has 1 aliphatic rings. The lowest BCUT2D eigenvalue weighted by Gasteiger charge is -2.33. The van der Waals surface area contributed by atoms with Crippen LogP contribution in [0.5, 0.6) is 0 Å². The highest BCUT2D eigenvalue weighted by Crippen LogP contribution is 2.31. The highest BCUT2D eigenvalue weighted by Gasteiger charge is 2.36. The van der Waals surface area contributed by atoms with Crippen molar-refractivity contribution in [3.8, 4) is 0 Å². The van der Waals surface area contributed by atoms with Crippen LogP contribution >= 0.6 is 0 Å². The van der Waals surface area contributed by atoms with Gasteiger partial charge in [0.15, 0.2) is 5.82 Å². The molecular formula is C29H33N5O2. The smallest absolute Gasteiger partial charge is 0.248 e. The van der Waals surface area contributed by atoms with Crippen molar-refractivity contribution in [3.63, 3.8) is 0 Å². The van der Waals surface area contributed by atoms with E-state index < -0.39 is 6.04 Å². The summed E-state index contributed by atoms with van der Waals surface area (Å²) in [7, 11) is 1.82. The summed E-state index contributed by atoms with van der Waals surface area (Å²) < 4.78 is 1.66. The van der Waals surface area contributed by atoms with Crippen molar-refractivity contribution in [2.45, 2.75) is 57.5 Å². The Morgan fingerprint density at radius 3 is 2.58 bits per heavy atom. The zero-order valence-corrected chi connectivity index (χ0v) is 20.9. The van der Waals surface area contributed by atoms with Crippen LogP contribution in [0, 0.1) is 6.92 Å². The van der Waals surface area contributed by atoms with Crippen molar-refractivity contribution >= 4 is 28.5 Å². The Balaban J connectivity index is 1.55. The maximum Gasteiger partial charge on any atom is 0.248 e. The summed E-state index contributed by atoms with van der Waals surface area (Å²) in [5, 5.41) is 8.84. The highest BCUT2D eigenvalue weighted by atomic mass is 16.2. The number of nitrogens with one attached hydrogen (secondary N) is 2. The first-order valence-electron chi connectivity index (χ1n) is 12.7. The number of hydrogen-bond acceptors (Lipinski definition) is 3. The first-order chi connectivity index (χ1) is 17.5. The maximum atomic E-state index is 14.1. The van der Waals surface area contributed by atoms with Crippen molar-refractivity contribution in [2.24, 2.45) is 7.05 Å². The van der Waals surface area contributed by atoms with Gasteiger partial charge in [0, 0.05) is 42.5 Å². The van der Waals surface area contributed by atoms with Crippen LogP contribution in [0.3, 0.4) is 0 Å². The van der Waals surface area contributed by atoms with Crippen LogP contribution in [0.2, 0.25) is 0 Å². The number of carbonyl (C=O) groups is 2. The molecule has 186 valence electrons. The van der Waals surface area contributed by atoms with E-state index in [0.29, 0.717) is 5.82 Å². The largest absolute Gasteiger partial charge is 0.361 e. The predicted octanol–water partition coefficient (Wildman–Crippen LogP) is 4.98. The number of aryl methyl sites for hydroxylation is 2. The summed E-state index contributed by atoms with van der Waals surface area (Å²) in [6.07, 6.45) is 9.21. The average molecular weight is 484 g/mol. The predicted molar refractivity (Wildman–Crippen MR) is 142 cm³/mol. The van der Waals surface area contributed by atoms with Crippen molar-refractivity contribution in [3.05, 3.63) is 83.7 Å². The van der Waals surface area contributed by atoms with E-state index in [2.05, 4.69) is 15.4 Å². The Morgan fingerprint density at radius 2 is 1.83 bits per heavy atom. The molecule has 1 atom stereocenters. The molecule has 0 radical (unpaired) electrons. The summed E-state index contributed by atoms with van der Waals surface area (Å²) in [6.45, 7) is 1.98. The van der Waals surface area contributed by atoms with Crippen molar-refractivity contribution in [2.75, 3.05) is 4.90 Å². The number of H-pyrrole nitrogens is 1. The van der Waals surface area contributed by atoms with Gasteiger partial charge in [-0.3, -0.25) is 19.2 Å². The minimum atomic E-state index is -0.819. The third kappa shape index (κ3) is 4.91. The fraction of sp³-hybridized carbons (Fsp3) is 0.345. The lowest BCUT2D eigenvalue weighted by atomic mass is 9.93. The summed E-state index contributed by atoms with van der Waals surface area (Å²) >= 11 is 0. The highest BCUT2D eigenvalue weighted by molar-refractivity contribution is 6.03. The van der Waals surface area contributed by atoms with Gasteiger partial charge in [-0.05, 0) is 42.5 Å². The van der Waals surface area contributed by atoms with Crippen LogP contribution < -0.4 is 10.2 Å². The summed E-state index contributed by atoms with van der Waals surface area (Å²) in [6, 6.07) is 16.8. The van der Waals surface area contributed by atoms with Crippen LogP contribution in [0.4, 0.5) is 5.82 Å². The van der Waals surface area contributed by atoms with Gasteiger partial charge < -0.3 is 10.3 Å². The number of nitrogens with zero attached hydrogens (tertiary/aromatic N) is 3. The van der Waals surface area contributed by atoms with E-state index in [1.807, 2.05) is 68.7 Å². The first-order valence-corrected chi connectivity index (χ1v) is 12.7. The van der Waals surface area contributed by atoms with Crippen LogP contribution in [0.15, 0.2) is 67.0 Å². The second kappa shape index (κ2) is 10.4. The Hall–Kier alpha value is -3.87. The Kier molecular flexibility index (Phi) is 6.89. The molecule has 0 aliphatic heterocycles. The van der Waals surface area contributed by atoms with Crippen LogP contribution in [0.25, 0.3) is 10.9 Å². The molecule has 2 N–H and O–H groups in total. The molecule has 2 aromatic carbocycles. The Labute approximate surface area is 211 Å². The van der Waals surface area contributed by atoms with Crippen LogP contribution in [-0.4, -0.2) is 32.6 Å². The van der Waals surface area contributed by atoms with E-state index in [1.165, 1.54) is 6.42 Å². The molecule has 7 heteroatoms. The third-order valence-corrected chi connectivity index (χ3v) is 7.17. The molecule has 2 aromatic heterocycles. The number of fused-ring (bicyclic) bond motifs is 1. The normalized spacial score (nSPS) is 15.1. The number of benzene rings is 2. The van der Waals surface area contributed by atoms with Gasteiger partial charge in [0.05, 0.1) is 6.42 Å². The topological polar surface area (TPSA) is 83.0 Å². The fourth-order valence-electron chi connectivity index (χ4n) is 5.28. The van der Waals surface area contributed by atoms with Crippen LogP contribution in [0.1, 0.15) is 54.8 Å². The molecule has 0 spiro atoms. The van der Waals surface area contributed by atoms with Gasteiger partial charge in [-0.25, -0.2) is 0 Å². The minimum Gasteiger partial charge on any atom is -0.361 e. The molecule has 7 nitrogen and oxygen atoms in total. The number of para-hydroxylation sites is 1. The van der Waals surface area contributed by atoms with Crippen molar-refractivity contribution < 1.29 is 9.59 Å². The molecule has 1 aliphatic carbocycles. The van der Waals surface area contributed by atoms with Gasteiger partial charge in [0.2, 0.25) is 11.8 Å². The van der Waals surface area contributed by atoms with E-state index in [4.69, 9.17) is 0 Å². The van der Waals surface area contributed by atoms with Gasteiger partial charge in [-0.15, -0.1) is 0 Å². The van der Waals surface area contributed by atoms with Gasteiger partial charge in [-0.1, -0.05) is 61.7 Å². The second-order valence-corrected chi connectivity index (χ2v) is 9.75. The number of anilines is 1. The lowest BCUT2D eigenvalue weighted by Crippen LogP contribution is -2.48. The van der Waals surface area contributed by atoms with E-state index >= 15 is 0 Å². The van der Waals surface area contributed by atoms with E-state index in [-0.39, 0.29) is 24.3 Å². The summed E-state index contributed by atoms with van der Waals surface area (Å²) in [4.78, 5) is 32.9. The molecule has 1 fully saturated rings. The van der Waals surface area contributed by atoms with Gasteiger partial charge in [0.25, 0.3) is 0 Å². The zero-order valence-electron chi connectivity index (χ0n) is 20.9. The number of rotatable bonds is 7. The first kappa shape index (κ1) is 23.9. The van der Waals surface area contributed by atoms with E-state index in [1.54, 1.807) is 21.8 Å². The molecule has 2 amide bonds. The van der Waals surface area contributed by atoms with Gasteiger partial charge in [0.1, 0.15) is 6.04 Å². The quantitative estimate of drug-likeness (QED) is 0.389. The second-order valence-electron chi connectivity index (χ2n) is 9.75. The number of aromatic nitrogens is 3. The summed E-state index contributed by atoms with van der Waals surface area (Å²) in [5.41, 5.74) is 3.65. The molecule has 1 unspecified atom stereocenters. The molecule has 0 bridgehead atoms. The zero-order chi connectivity index (χ0) is 25.1. The average Bonchev–Trinajstić information content (AvgIpc) is 3.49. The third-order valence-electron chi connectivity index (χ3n) is 7.17. The van der Waals surface area contributed by atoms with Crippen molar-refractivity contribution in [1.29, 1.82) is 0 Å². The molecule has 36 heavy (non-hydrogen) atoms. The number of aromatic amines is 1. The molecule has 2 heterocycles.